The molecule has 9 heteroatoms. The first-order chi connectivity index (χ1) is 12.9. The number of nitrogens with one attached hydrogen (secondary N) is 1. The van der Waals surface area contributed by atoms with E-state index in [0.29, 0.717) is 42.2 Å². The number of carbonyl (C=O) groups is 3. The van der Waals surface area contributed by atoms with Crippen LogP contribution in [0.25, 0.3) is 0 Å². The lowest BCUT2D eigenvalue weighted by Gasteiger charge is -2.26. The van der Waals surface area contributed by atoms with Gasteiger partial charge in [-0.15, -0.1) is 11.3 Å². The van der Waals surface area contributed by atoms with Crippen molar-refractivity contribution in [2.24, 2.45) is 5.73 Å². The molecule has 142 valence electrons. The van der Waals surface area contributed by atoms with Crippen LogP contribution in [0.4, 0.5) is 9.80 Å². The zero-order valence-electron chi connectivity index (χ0n) is 14.6. The van der Waals surface area contributed by atoms with Gasteiger partial charge in [0.25, 0.3) is 11.8 Å². The van der Waals surface area contributed by atoms with Crippen molar-refractivity contribution in [1.82, 2.24) is 4.90 Å². The summed E-state index contributed by atoms with van der Waals surface area (Å²) in [5.41, 5.74) is 7.23. The second kappa shape index (κ2) is 8.26. The topological polar surface area (TPSA) is 102 Å². The van der Waals surface area contributed by atoms with Crippen LogP contribution in [-0.4, -0.2) is 36.0 Å². The van der Waals surface area contributed by atoms with Gasteiger partial charge >= 0.3 is 6.09 Å². The molecule has 0 saturated carbocycles. The third kappa shape index (κ3) is 4.08. The van der Waals surface area contributed by atoms with Crippen molar-refractivity contribution in [2.75, 3.05) is 18.5 Å². The quantitative estimate of drug-likeness (QED) is 0.631. The summed E-state index contributed by atoms with van der Waals surface area (Å²) in [5.74, 6) is -0.890. The number of carbonyl (C=O) groups excluding carboxylic acids is 3. The van der Waals surface area contributed by atoms with Gasteiger partial charge in [0.2, 0.25) is 0 Å². The van der Waals surface area contributed by atoms with E-state index in [1.807, 2.05) is 12.1 Å². The predicted octanol–water partition coefficient (Wildman–Crippen LogP) is 3.22. The molecule has 3 amide bonds. The van der Waals surface area contributed by atoms with Crippen molar-refractivity contribution in [3.63, 3.8) is 0 Å². The van der Waals surface area contributed by atoms with E-state index in [1.165, 1.54) is 11.3 Å². The molecular weight excluding hydrogens is 481 g/mol. The van der Waals surface area contributed by atoms with Gasteiger partial charge in [-0.05, 0) is 53.6 Å². The number of hydrogen-bond donors (Lipinski definition) is 2. The standard InChI is InChI=1S/C18H18IN3O4S/c1-2-26-18(25)22-8-7-11-13(9-22)27-17(14(11)15(20)23)21-16(24)10-5-3-4-6-12(10)19/h3-6H,2,7-9H2,1H3,(H2,20,23)(H,21,24). The summed E-state index contributed by atoms with van der Waals surface area (Å²) < 4.78 is 5.85. The summed E-state index contributed by atoms with van der Waals surface area (Å²) in [6, 6.07) is 7.18. The Morgan fingerprint density at radius 3 is 2.74 bits per heavy atom. The average Bonchev–Trinajstić information content (AvgIpc) is 2.99. The first-order valence-corrected chi connectivity index (χ1v) is 10.2. The molecule has 0 spiro atoms. The summed E-state index contributed by atoms with van der Waals surface area (Å²) in [6.45, 7) is 2.82. The van der Waals surface area contributed by atoms with E-state index in [1.54, 1.807) is 24.0 Å². The van der Waals surface area contributed by atoms with Crippen molar-refractivity contribution in [1.29, 1.82) is 0 Å². The van der Waals surface area contributed by atoms with Gasteiger partial charge in [0.05, 0.1) is 24.3 Å². The summed E-state index contributed by atoms with van der Waals surface area (Å²) in [7, 11) is 0. The lowest BCUT2D eigenvalue weighted by molar-refractivity contribution is 0.0997. The van der Waals surface area contributed by atoms with Gasteiger partial charge in [-0.2, -0.15) is 0 Å². The fourth-order valence-corrected chi connectivity index (χ4v) is 4.83. The number of primary amides is 1. The Hall–Kier alpha value is -2.14. The maximum Gasteiger partial charge on any atom is 0.410 e. The van der Waals surface area contributed by atoms with E-state index in [2.05, 4.69) is 27.9 Å². The minimum absolute atomic E-state index is 0.302. The van der Waals surface area contributed by atoms with Crippen molar-refractivity contribution < 1.29 is 19.1 Å². The molecule has 7 nitrogen and oxygen atoms in total. The number of anilines is 1. The summed E-state index contributed by atoms with van der Waals surface area (Å²) in [6.07, 6.45) is 0.100. The van der Waals surface area contributed by atoms with Crippen molar-refractivity contribution in [3.05, 3.63) is 49.4 Å². The molecule has 0 atom stereocenters. The molecule has 0 bridgehead atoms. The second-order valence-corrected chi connectivity index (χ2v) is 8.14. The van der Waals surface area contributed by atoms with Crippen molar-refractivity contribution >= 4 is 56.8 Å². The Labute approximate surface area is 174 Å². The lowest BCUT2D eigenvalue weighted by atomic mass is 10.0. The molecule has 2 aromatic rings. The van der Waals surface area contributed by atoms with Crippen LogP contribution in [0, 0.1) is 3.57 Å². The number of rotatable bonds is 4. The number of ether oxygens (including phenoxy) is 1. The van der Waals surface area contributed by atoms with E-state index in [0.717, 1.165) is 14.0 Å². The first-order valence-electron chi connectivity index (χ1n) is 8.34. The molecule has 1 aromatic heterocycles. The third-order valence-corrected chi connectivity index (χ3v) is 6.25. The van der Waals surface area contributed by atoms with E-state index >= 15 is 0 Å². The Morgan fingerprint density at radius 2 is 2.07 bits per heavy atom. The van der Waals surface area contributed by atoms with Crippen LogP contribution < -0.4 is 11.1 Å². The second-order valence-electron chi connectivity index (χ2n) is 5.88. The van der Waals surface area contributed by atoms with Crippen LogP contribution in [0.5, 0.6) is 0 Å². The number of thiophene rings is 1. The maximum absolute atomic E-state index is 12.6. The molecule has 2 heterocycles. The number of halogens is 1. The molecule has 0 unspecified atom stereocenters. The highest BCUT2D eigenvalue weighted by Crippen LogP contribution is 2.37. The molecule has 0 fully saturated rings. The molecular formula is C18H18IN3O4S. The number of fused-ring (bicyclic) bond motifs is 1. The highest BCUT2D eigenvalue weighted by atomic mass is 127. The number of hydrogen-bond acceptors (Lipinski definition) is 5. The Morgan fingerprint density at radius 1 is 1.33 bits per heavy atom. The largest absolute Gasteiger partial charge is 0.450 e. The van der Waals surface area contributed by atoms with E-state index < -0.39 is 5.91 Å². The van der Waals surface area contributed by atoms with Gasteiger partial charge in [0, 0.05) is 15.0 Å². The van der Waals surface area contributed by atoms with Gasteiger partial charge in [0.15, 0.2) is 0 Å². The summed E-state index contributed by atoms with van der Waals surface area (Å²) >= 11 is 3.36. The lowest BCUT2D eigenvalue weighted by Crippen LogP contribution is -2.36. The molecule has 0 radical (unpaired) electrons. The normalized spacial score (nSPS) is 13.0. The van der Waals surface area contributed by atoms with Crippen LogP contribution >= 0.6 is 33.9 Å². The number of nitrogens with two attached hydrogens (primary N) is 1. The smallest absolute Gasteiger partial charge is 0.410 e. The zero-order chi connectivity index (χ0) is 19.6. The van der Waals surface area contributed by atoms with Crippen LogP contribution in [0.1, 0.15) is 38.1 Å². The third-order valence-electron chi connectivity index (χ3n) is 4.17. The monoisotopic (exact) mass is 499 g/mol. The van der Waals surface area contributed by atoms with Crippen LogP contribution in [-0.2, 0) is 17.7 Å². The minimum atomic E-state index is -0.588. The molecule has 3 rings (SSSR count). The Kier molecular flexibility index (Phi) is 6.00. The van der Waals surface area contributed by atoms with E-state index in [-0.39, 0.29) is 12.0 Å². The van der Waals surface area contributed by atoms with Gasteiger partial charge in [-0.3, -0.25) is 9.59 Å². The maximum atomic E-state index is 12.6. The van der Waals surface area contributed by atoms with Gasteiger partial charge in [-0.25, -0.2) is 4.79 Å². The first kappa shape index (κ1) is 19.6. The van der Waals surface area contributed by atoms with Crippen LogP contribution in [0.2, 0.25) is 0 Å². The van der Waals surface area contributed by atoms with E-state index in [9.17, 15) is 14.4 Å². The van der Waals surface area contributed by atoms with Gasteiger partial charge in [0.1, 0.15) is 5.00 Å². The van der Waals surface area contributed by atoms with Crippen molar-refractivity contribution in [3.8, 4) is 0 Å². The van der Waals surface area contributed by atoms with E-state index in [4.69, 9.17) is 10.5 Å². The predicted molar refractivity (Wildman–Crippen MR) is 111 cm³/mol. The highest BCUT2D eigenvalue weighted by molar-refractivity contribution is 14.1. The molecule has 27 heavy (non-hydrogen) atoms. The molecule has 0 saturated heterocycles. The molecule has 3 N–H and O–H groups in total. The number of nitrogens with zero attached hydrogens (tertiary/aromatic N) is 1. The van der Waals surface area contributed by atoms with Crippen LogP contribution in [0.3, 0.4) is 0 Å². The SMILES string of the molecule is CCOC(=O)N1CCc2c(sc(NC(=O)c3ccccc3I)c2C(N)=O)C1. The zero-order valence-corrected chi connectivity index (χ0v) is 17.6. The van der Waals surface area contributed by atoms with Crippen molar-refractivity contribution in [2.45, 2.75) is 19.9 Å². The molecule has 1 aliphatic rings. The summed E-state index contributed by atoms with van der Waals surface area (Å²) in [4.78, 5) is 39.1. The summed E-state index contributed by atoms with van der Waals surface area (Å²) in [5, 5.41) is 3.23. The van der Waals surface area contributed by atoms with Gasteiger partial charge < -0.3 is 20.7 Å². The number of amides is 3. The fourth-order valence-electron chi connectivity index (χ4n) is 2.94. The Balaban J connectivity index is 1.89. The molecule has 1 aromatic carbocycles. The molecule has 0 aliphatic carbocycles. The minimum Gasteiger partial charge on any atom is -0.450 e. The number of benzene rings is 1. The highest BCUT2D eigenvalue weighted by Gasteiger charge is 2.30. The average molecular weight is 499 g/mol. The fraction of sp³-hybridized carbons (Fsp3) is 0.278. The Bertz CT molecular complexity index is 912. The molecule has 1 aliphatic heterocycles. The van der Waals surface area contributed by atoms with Crippen LogP contribution in [0.15, 0.2) is 24.3 Å². The van der Waals surface area contributed by atoms with Gasteiger partial charge in [-0.1, -0.05) is 12.1 Å².